The average molecular weight is 312 g/mol. The molecule has 2 rings (SSSR count). The highest BCUT2D eigenvalue weighted by Crippen LogP contribution is 2.33. The van der Waals surface area contributed by atoms with Crippen molar-refractivity contribution in [3.05, 3.63) is 69.5 Å². The van der Waals surface area contributed by atoms with Gasteiger partial charge in [-0.2, -0.15) is 0 Å². The summed E-state index contributed by atoms with van der Waals surface area (Å²) in [4.78, 5) is 0. The third-order valence-corrected chi connectivity index (χ3v) is 3.93. The second-order valence-corrected chi connectivity index (χ2v) is 5.37. The minimum atomic E-state index is -0.250. The predicted octanol–water partition coefficient (Wildman–Crippen LogP) is 5.22. The van der Waals surface area contributed by atoms with Crippen LogP contribution in [-0.2, 0) is 0 Å². The van der Waals surface area contributed by atoms with Gasteiger partial charge in [0.15, 0.2) is 0 Å². The Morgan fingerprint density at radius 3 is 2.45 bits per heavy atom. The highest BCUT2D eigenvalue weighted by atomic mass is 35.5. The lowest BCUT2D eigenvalue weighted by Gasteiger charge is -2.21. The summed E-state index contributed by atoms with van der Waals surface area (Å²) in [5, 5.41) is 4.48. The Balaban J connectivity index is 2.41. The Kier molecular flexibility index (Phi) is 5.41. The summed E-state index contributed by atoms with van der Waals surface area (Å²) in [6, 6.07) is 11.9. The molecule has 106 valence electrons. The van der Waals surface area contributed by atoms with E-state index in [1.165, 1.54) is 12.1 Å². The van der Waals surface area contributed by atoms with Crippen LogP contribution in [0.5, 0.6) is 0 Å². The topological polar surface area (TPSA) is 12.0 Å². The summed E-state index contributed by atoms with van der Waals surface area (Å²) in [6.07, 6.45) is 0.996. The van der Waals surface area contributed by atoms with Crippen LogP contribution in [0.2, 0.25) is 10.0 Å². The number of rotatable bonds is 5. The van der Waals surface area contributed by atoms with Gasteiger partial charge in [-0.1, -0.05) is 54.4 Å². The Morgan fingerprint density at radius 1 is 1.10 bits per heavy atom. The van der Waals surface area contributed by atoms with Crippen LogP contribution in [0.25, 0.3) is 0 Å². The van der Waals surface area contributed by atoms with E-state index >= 15 is 0 Å². The van der Waals surface area contributed by atoms with Gasteiger partial charge in [-0.3, -0.25) is 0 Å². The van der Waals surface area contributed by atoms with Gasteiger partial charge in [0.05, 0.1) is 16.1 Å². The van der Waals surface area contributed by atoms with Crippen LogP contribution in [0.4, 0.5) is 4.39 Å². The molecule has 0 fully saturated rings. The van der Waals surface area contributed by atoms with Gasteiger partial charge in [-0.15, -0.1) is 0 Å². The molecule has 1 unspecified atom stereocenters. The first-order chi connectivity index (χ1) is 9.63. The monoisotopic (exact) mass is 311 g/mol. The van der Waals surface area contributed by atoms with Gasteiger partial charge in [-0.05, 0) is 42.3 Å². The van der Waals surface area contributed by atoms with Gasteiger partial charge in [0.25, 0.3) is 0 Å². The zero-order chi connectivity index (χ0) is 14.5. The molecule has 1 atom stereocenters. The minimum Gasteiger partial charge on any atom is -0.306 e. The third-order valence-electron chi connectivity index (χ3n) is 3.09. The standard InChI is InChI=1S/C16H16Cl2FN/c1-2-10-20-16(11-6-8-12(19)9-7-11)13-4-3-5-14(17)15(13)18/h3-9,16,20H,2,10H2,1H3. The fourth-order valence-corrected chi connectivity index (χ4v) is 2.51. The maximum atomic E-state index is 13.1. The normalized spacial score (nSPS) is 12.4. The molecule has 0 amide bonds. The molecule has 2 aromatic carbocycles. The fraction of sp³-hybridized carbons (Fsp3) is 0.250. The fourth-order valence-electron chi connectivity index (χ4n) is 2.09. The summed E-state index contributed by atoms with van der Waals surface area (Å²) < 4.78 is 13.1. The summed E-state index contributed by atoms with van der Waals surface area (Å²) in [7, 11) is 0. The van der Waals surface area contributed by atoms with Crippen molar-refractivity contribution >= 4 is 23.2 Å². The van der Waals surface area contributed by atoms with E-state index < -0.39 is 0 Å². The Labute approximate surface area is 128 Å². The number of nitrogens with one attached hydrogen (secondary N) is 1. The van der Waals surface area contributed by atoms with Gasteiger partial charge in [0, 0.05) is 0 Å². The molecule has 0 aliphatic heterocycles. The molecule has 1 N–H and O–H groups in total. The lowest BCUT2D eigenvalue weighted by atomic mass is 9.98. The van der Waals surface area contributed by atoms with E-state index in [2.05, 4.69) is 12.2 Å². The van der Waals surface area contributed by atoms with Crippen LogP contribution in [0, 0.1) is 5.82 Å². The summed E-state index contributed by atoms with van der Waals surface area (Å²) in [5.41, 5.74) is 1.86. The number of benzene rings is 2. The molecule has 0 aromatic heterocycles. The highest BCUT2D eigenvalue weighted by molar-refractivity contribution is 6.42. The Bertz CT molecular complexity index is 569. The molecule has 0 aliphatic carbocycles. The van der Waals surface area contributed by atoms with Gasteiger partial charge in [0.2, 0.25) is 0 Å². The van der Waals surface area contributed by atoms with Crippen molar-refractivity contribution in [2.75, 3.05) is 6.54 Å². The van der Waals surface area contributed by atoms with Crippen molar-refractivity contribution in [3.8, 4) is 0 Å². The molecule has 0 spiro atoms. The Hall–Kier alpha value is -1.09. The first-order valence-electron chi connectivity index (χ1n) is 6.56. The largest absolute Gasteiger partial charge is 0.306 e. The summed E-state index contributed by atoms with van der Waals surface area (Å²) >= 11 is 12.4. The van der Waals surface area contributed by atoms with Gasteiger partial charge < -0.3 is 5.32 Å². The van der Waals surface area contributed by atoms with E-state index in [4.69, 9.17) is 23.2 Å². The predicted molar refractivity (Wildman–Crippen MR) is 83.0 cm³/mol. The van der Waals surface area contributed by atoms with E-state index in [1.807, 2.05) is 12.1 Å². The maximum absolute atomic E-state index is 13.1. The highest BCUT2D eigenvalue weighted by Gasteiger charge is 2.17. The second-order valence-electron chi connectivity index (χ2n) is 4.58. The first-order valence-corrected chi connectivity index (χ1v) is 7.31. The molecule has 0 saturated heterocycles. The van der Waals surface area contributed by atoms with E-state index in [0.717, 1.165) is 24.1 Å². The third kappa shape index (κ3) is 3.51. The lowest BCUT2D eigenvalue weighted by Crippen LogP contribution is -2.23. The molecular weight excluding hydrogens is 296 g/mol. The summed E-state index contributed by atoms with van der Waals surface area (Å²) in [5.74, 6) is -0.250. The lowest BCUT2D eigenvalue weighted by molar-refractivity contribution is 0.593. The SMILES string of the molecule is CCCNC(c1ccc(F)cc1)c1cccc(Cl)c1Cl. The zero-order valence-corrected chi connectivity index (χ0v) is 12.7. The second kappa shape index (κ2) is 7.07. The van der Waals surface area contributed by atoms with Gasteiger partial charge in [0.1, 0.15) is 5.82 Å². The minimum absolute atomic E-state index is 0.0956. The Morgan fingerprint density at radius 2 is 1.80 bits per heavy atom. The summed E-state index contributed by atoms with van der Waals surface area (Å²) in [6.45, 7) is 2.93. The maximum Gasteiger partial charge on any atom is 0.123 e. The molecule has 0 bridgehead atoms. The number of halogens is 3. The van der Waals surface area contributed by atoms with Crippen LogP contribution >= 0.6 is 23.2 Å². The molecule has 2 aromatic rings. The molecule has 0 aliphatic rings. The van der Waals surface area contributed by atoms with Crippen molar-refractivity contribution in [3.63, 3.8) is 0 Å². The van der Waals surface area contributed by atoms with Crippen LogP contribution in [0.15, 0.2) is 42.5 Å². The molecule has 0 radical (unpaired) electrons. The van der Waals surface area contributed by atoms with Crippen molar-refractivity contribution < 1.29 is 4.39 Å². The van der Waals surface area contributed by atoms with Crippen LogP contribution < -0.4 is 5.32 Å². The molecular formula is C16H16Cl2FN. The molecule has 1 nitrogen and oxygen atoms in total. The van der Waals surface area contributed by atoms with E-state index in [0.29, 0.717) is 10.0 Å². The van der Waals surface area contributed by atoms with E-state index in [1.54, 1.807) is 18.2 Å². The van der Waals surface area contributed by atoms with Crippen molar-refractivity contribution in [1.29, 1.82) is 0 Å². The average Bonchev–Trinajstić information content (AvgIpc) is 2.45. The molecule has 0 heterocycles. The quantitative estimate of drug-likeness (QED) is 0.798. The smallest absolute Gasteiger partial charge is 0.123 e. The first kappa shape index (κ1) is 15.3. The van der Waals surface area contributed by atoms with Gasteiger partial charge >= 0.3 is 0 Å². The van der Waals surface area contributed by atoms with Crippen LogP contribution in [0.3, 0.4) is 0 Å². The van der Waals surface area contributed by atoms with E-state index in [9.17, 15) is 4.39 Å². The van der Waals surface area contributed by atoms with Crippen LogP contribution in [-0.4, -0.2) is 6.54 Å². The van der Waals surface area contributed by atoms with Crippen LogP contribution in [0.1, 0.15) is 30.5 Å². The van der Waals surface area contributed by atoms with Crippen molar-refractivity contribution in [2.24, 2.45) is 0 Å². The molecule has 4 heteroatoms. The number of hydrogen-bond donors (Lipinski definition) is 1. The zero-order valence-electron chi connectivity index (χ0n) is 11.2. The molecule has 0 saturated carbocycles. The van der Waals surface area contributed by atoms with Crippen molar-refractivity contribution in [1.82, 2.24) is 5.32 Å². The number of hydrogen-bond acceptors (Lipinski definition) is 1. The van der Waals surface area contributed by atoms with E-state index in [-0.39, 0.29) is 11.9 Å². The molecule has 20 heavy (non-hydrogen) atoms. The van der Waals surface area contributed by atoms with Crippen molar-refractivity contribution in [2.45, 2.75) is 19.4 Å². The van der Waals surface area contributed by atoms with Gasteiger partial charge in [-0.25, -0.2) is 4.39 Å².